The van der Waals surface area contributed by atoms with E-state index in [1.165, 1.54) is 0 Å². The van der Waals surface area contributed by atoms with Gasteiger partial charge in [0.15, 0.2) is 11.4 Å². The number of hydrogen-bond acceptors (Lipinski definition) is 6. The molecular weight excluding hydrogens is 406 g/mol. The van der Waals surface area contributed by atoms with Gasteiger partial charge in [-0.15, -0.1) is 0 Å². The molecule has 0 aliphatic carbocycles. The van der Waals surface area contributed by atoms with E-state index in [-0.39, 0.29) is 12.2 Å². The van der Waals surface area contributed by atoms with Crippen LogP contribution in [-0.4, -0.2) is 41.1 Å². The van der Waals surface area contributed by atoms with Gasteiger partial charge in [0.2, 0.25) is 0 Å². The third kappa shape index (κ3) is 3.16. The molecule has 2 aromatic carbocycles. The molecule has 0 amide bonds. The number of nitrogens with zero attached hydrogens (tertiary/aromatic N) is 5. The molecule has 0 unspecified atom stereocenters. The minimum absolute atomic E-state index is 0.0706. The van der Waals surface area contributed by atoms with Crippen LogP contribution >= 0.6 is 0 Å². The third-order valence-corrected chi connectivity index (χ3v) is 5.47. The van der Waals surface area contributed by atoms with Gasteiger partial charge in [-0.1, -0.05) is 23.4 Å². The Hall–Kier alpha value is -4.53. The van der Waals surface area contributed by atoms with E-state index in [2.05, 4.69) is 30.7 Å². The Bertz CT molecular complexity index is 1560. The highest BCUT2D eigenvalue weighted by Crippen LogP contribution is 2.25. The molecule has 0 aliphatic heterocycles. The fourth-order valence-corrected chi connectivity index (χ4v) is 3.88. The Morgan fingerprint density at radius 2 is 2.00 bits per heavy atom. The molecule has 156 valence electrons. The lowest BCUT2D eigenvalue weighted by Crippen LogP contribution is -2.04. The van der Waals surface area contributed by atoms with Crippen molar-refractivity contribution in [2.75, 3.05) is 0 Å². The molecule has 4 aromatic heterocycles. The summed E-state index contributed by atoms with van der Waals surface area (Å²) in [5.74, 6) is -0.0706. The highest BCUT2D eigenvalue weighted by Gasteiger charge is 2.17. The zero-order valence-electron chi connectivity index (χ0n) is 16.8. The molecule has 6 aromatic rings. The number of aromatic amines is 2. The number of hydrogen-bond donors (Lipinski definition) is 2. The molecule has 9 heteroatoms. The summed E-state index contributed by atoms with van der Waals surface area (Å²) in [5.41, 5.74) is 5.56. The fourth-order valence-electron chi connectivity index (χ4n) is 3.88. The molecule has 9 nitrogen and oxygen atoms in total. The molecule has 0 saturated heterocycles. The van der Waals surface area contributed by atoms with Gasteiger partial charge in [0.1, 0.15) is 11.4 Å². The van der Waals surface area contributed by atoms with E-state index in [0.29, 0.717) is 12.2 Å². The molecule has 0 spiro atoms. The predicted octanol–water partition coefficient (Wildman–Crippen LogP) is 3.76. The lowest BCUT2D eigenvalue weighted by atomic mass is 10.0. The van der Waals surface area contributed by atoms with Crippen LogP contribution in [-0.2, 0) is 13.0 Å². The van der Waals surface area contributed by atoms with E-state index in [1.807, 2.05) is 54.9 Å². The average molecular weight is 423 g/mol. The maximum Gasteiger partial charge on any atom is 0.188 e. The summed E-state index contributed by atoms with van der Waals surface area (Å²) < 4.78 is 7.11. The van der Waals surface area contributed by atoms with Crippen LogP contribution in [0.2, 0.25) is 0 Å². The minimum atomic E-state index is -0.0706. The SMILES string of the molecule is O=C(Cc1cnn(Cc2noc3ccccc23)c1)c1n[nH]c2cc(-c3cn[nH]c3)ccc12. The first-order chi connectivity index (χ1) is 15.7. The molecule has 32 heavy (non-hydrogen) atoms. The molecule has 0 atom stereocenters. The van der Waals surface area contributed by atoms with Gasteiger partial charge in [0, 0.05) is 35.2 Å². The normalized spacial score (nSPS) is 11.5. The number of aromatic nitrogens is 7. The molecular formula is C23H17N7O2. The van der Waals surface area contributed by atoms with Gasteiger partial charge in [-0.3, -0.25) is 19.7 Å². The monoisotopic (exact) mass is 423 g/mol. The fraction of sp³-hybridized carbons (Fsp3) is 0.0870. The highest BCUT2D eigenvalue weighted by atomic mass is 16.5. The van der Waals surface area contributed by atoms with E-state index >= 15 is 0 Å². The third-order valence-electron chi connectivity index (χ3n) is 5.47. The minimum Gasteiger partial charge on any atom is -0.356 e. The van der Waals surface area contributed by atoms with Crippen molar-refractivity contribution in [3.05, 3.63) is 84.2 Å². The van der Waals surface area contributed by atoms with Gasteiger partial charge in [0.05, 0.1) is 24.5 Å². The summed E-state index contributed by atoms with van der Waals surface area (Å²) in [6, 6.07) is 13.5. The number of nitrogens with one attached hydrogen (secondary N) is 2. The van der Waals surface area contributed by atoms with Crippen molar-refractivity contribution < 1.29 is 9.32 Å². The van der Waals surface area contributed by atoms with Crippen LogP contribution in [0.15, 0.2) is 71.8 Å². The number of H-pyrrole nitrogens is 2. The van der Waals surface area contributed by atoms with Crippen LogP contribution in [0.1, 0.15) is 21.7 Å². The van der Waals surface area contributed by atoms with E-state index in [1.54, 1.807) is 17.1 Å². The van der Waals surface area contributed by atoms with Gasteiger partial charge in [-0.05, 0) is 35.4 Å². The molecule has 0 radical (unpaired) electrons. The Balaban J connectivity index is 1.21. The quantitative estimate of drug-likeness (QED) is 0.394. The number of benzene rings is 2. The standard InChI is InChI=1S/C23H17N7O2/c31-21(23-18-6-5-15(8-19(18)27-28-23)16-10-24-25-11-16)7-14-9-26-30(12-14)13-20-17-3-1-2-4-22(17)32-29-20/h1-6,8-12H,7,13H2,(H,24,25)(H,27,28). The van der Waals surface area contributed by atoms with E-state index in [4.69, 9.17) is 4.52 Å². The van der Waals surface area contributed by atoms with Crippen molar-refractivity contribution in [2.45, 2.75) is 13.0 Å². The van der Waals surface area contributed by atoms with Crippen molar-refractivity contribution in [1.82, 2.24) is 35.3 Å². The van der Waals surface area contributed by atoms with Crippen LogP contribution in [0.4, 0.5) is 0 Å². The lowest BCUT2D eigenvalue weighted by Gasteiger charge is -1.99. The lowest BCUT2D eigenvalue weighted by molar-refractivity contribution is 0.0989. The van der Waals surface area contributed by atoms with Crippen molar-refractivity contribution in [3.63, 3.8) is 0 Å². The summed E-state index contributed by atoms with van der Waals surface area (Å²) in [5, 5.41) is 24.3. The zero-order valence-corrected chi connectivity index (χ0v) is 16.8. The Morgan fingerprint density at radius 1 is 1.06 bits per heavy atom. The summed E-state index contributed by atoms with van der Waals surface area (Å²) in [6.45, 7) is 0.466. The molecule has 0 aliphatic rings. The van der Waals surface area contributed by atoms with Crippen LogP contribution < -0.4 is 0 Å². The zero-order chi connectivity index (χ0) is 21.5. The molecule has 0 fully saturated rings. The van der Waals surface area contributed by atoms with E-state index in [9.17, 15) is 4.79 Å². The van der Waals surface area contributed by atoms with Gasteiger partial charge in [0.25, 0.3) is 0 Å². The maximum absolute atomic E-state index is 12.9. The summed E-state index contributed by atoms with van der Waals surface area (Å²) in [7, 11) is 0. The van der Waals surface area contributed by atoms with Crippen molar-refractivity contribution in [3.8, 4) is 11.1 Å². The second-order valence-corrected chi connectivity index (χ2v) is 7.59. The van der Waals surface area contributed by atoms with Crippen molar-refractivity contribution >= 4 is 27.7 Å². The summed E-state index contributed by atoms with van der Waals surface area (Å²) in [4.78, 5) is 12.9. The van der Waals surface area contributed by atoms with Gasteiger partial charge >= 0.3 is 0 Å². The van der Waals surface area contributed by atoms with Crippen molar-refractivity contribution in [2.24, 2.45) is 0 Å². The van der Waals surface area contributed by atoms with E-state index < -0.39 is 0 Å². The molecule has 6 rings (SSSR count). The van der Waals surface area contributed by atoms with Crippen LogP contribution in [0.3, 0.4) is 0 Å². The molecule has 0 bridgehead atoms. The number of carbonyl (C=O) groups is 1. The number of fused-ring (bicyclic) bond motifs is 2. The average Bonchev–Trinajstić information content (AvgIpc) is 3.61. The molecule has 2 N–H and O–H groups in total. The highest BCUT2D eigenvalue weighted by molar-refractivity contribution is 6.07. The Morgan fingerprint density at radius 3 is 2.91 bits per heavy atom. The summed E-state index contributed by atoms with van der Waals surface area (Å²) in [6.07, 6.45) is 7.34. The Kier molecular flexibility index (Phi) is 4.17. The first kappa shape index (κ1) is 18.3. The smallest absolute Gasteiger partial charge is 0.188 e. The van der Waals surface area contributed by atoms with Crippen LogP contribution in [0, 0.1) is 0 Å². The number of para-hydroxylation sites is 1. The summed E-state index contributed by atoms with van der Waals surface area (Å²) >= 11 is 0. The van der Waals surface area contributed by atoms with Gasteiger partial charge < -0.3 is 4.52 Å². The topological polar surface area (TPSA) is 118 Å². The second-order valence-electron chi connectivity index (χ2n) is 7.59. The van der Waals surface area contributed by atoms with Crippen molar-refractivity contribution in [1.29, 1.82) is 0 Å². The van der Waals surface area contributed by atoms with Gasteiger partial charge in [-0.2, -0.15) is 15.3 Å². The van der Waals surface area contributed by atoms with Crippen LogP contribution in [0.5, 0.6) is 0 Å². The first-order valence-corrected chi connectivity index (χ1v) is 10.1. The second kappa shape index (κ2) is 7.31. The van der Waals surface area contributed by atoms with Crippen LogP contribution in [0.25, 0.3) is 33.0 Å². The first-order valence-electron chi connectivity index (χ1n) is 10.1. The molecule has 4 heterocycles. The largest absolute Gasteiger partial charge is 0.356 e. The number of rotatable bonds is 6. The Labute approximate surface area is 181 Å². The van der Waals surface area contributed by atoms with E-state index in [0.717, 1.165) is 44.3 Å². The number of carbonyl (C=O) groups excluding carboxylic acids is 1. The predicted molar refractivity (Wildman–Crippen MR) is 117 cm³/mol. The number of Topliss-reactive ketones (excluding diaryl/α,β-unsaturated/α-hetero) is 1. The maximum atomic E-state index is 12.9. The number of ketones is 1. The molecule has 0 saturated carbocycles. The van der Waals surface area contributed by atoms with Gasteiger partial charge in [-0.25, -0.2) is 0 Å².